The highest BCUT2D eigenvalue weighted by atomic mass is 19.1. The molecule has 1 amide bonds. The highest BCUT2D eigenvalue weighted by Crippen LogP contribution is 2.19. The van der Waals surface area contributed by atoms with E-state index in [1.807, 2.05) is 30.3 Å². The lowest BCUT2D eigenvalue weighted by Crippen LogP contribution is -2.29. The fraction of sp³-hybridized carbons (Fsp3) is 0.143. The summed E-state index contributed by atoms with van der Waals surface area (Å²) >= 11 is 0. The predicted octanol–water partition coefficient (Wildman–Crippen LogP) is 2.67. The number of carbonyl (C=O) groups excluding carboxylic acids is 1. The molecule has 0 saturated carbocycles. The molecular weight excluding hydrogens is 373 g/mol. The Morgan fingerprint density at radius 2 is 1.79 bits per heavy atom. The highest BCUT2D eigenvalue weighted by Gasteiger charge is 2.11. The molecule has 146 valence electrons. The first kappa shape index (κ1) is 18.5. The lowest BCUT2D eigenvalue weighted by molar-refractivity contribution is -0.120. The van der Waals surface area contributed by atoms with Gasteiger partial charge in [-0.2, -0.15) is 4.52 Å². The Morgan fingerprint density at radius 1 is 1.00 bits per heavy atom. The third kappa shape index (κ3) is 4.55. The van der Waals surface area contributed by atoms with Gasteiger partial charge in [-0.3, -0.25) is 4.79 Å². The molecule has 2 heterocycles. The number of fused-ring (bicyclic) bond motifs is 1. The molecule has 29 heavy (non-hydrogen) atoms. The van der Waals surface area contributed by atoms with Crippen LogP contribution in [-0.4, -0.2) is 38.9 Å². The van der Waals surface area contributed by atoms with Crippen LogP contribution in [0.3, 0.4) is 0 Å². The molecule has 0 atom stereocenters. The summed E-state index contributed by atoms with van der Waals surface area (Å²) in [6, 6.07) is 18.9. The fourth-order valence-corrected chi connectivity index (χ4v) is 2.82. The molecule has 7 nitrogen and oxygen atoms in total. The highest BCUT2D eigenvalue weighted by molar-refractivity contribution is 5.78. The maximum absolute atomic E-state index is 13.1. The quantitative estimate of drug-likeness (QED) is 0.490. The van der Waals surface area contributed by atoms with Crippen molar-refractivity contribution in [3.63, 3.8) is 0 Å². The second-order valence-electron chi connectivity index (χ2n) is 6.33. The van der Waals surface area contributed by atoms with Gasteiger partial charge in [0.15, 0.2) is 11.5 Å². The van der Waals surface area contributed by atoms with E-state index < -0.39 is 0 Å². The summed E-state index contributed by atoms with van der Waals surface area (Å²) in [5, 5.41) is 15.4. The van der Waals surface area contributed by atoms with Crippen molar-refractivity contribution in [1.82, 2.24) is 25.1 Å². The number of benzene rings is 2. The molecule has 0 fully saturated rings. The first-order valence-corrected chi connectivity index (χ1v) is 9.11. The Kier molecular flexibility index (Phi) is 5.42. The largest absolute Gasteiger partial charge is 0.475 e. The van der Waals surface area contributed by atoms with Crippen molar-refractivity contribution in [3.05, 3.63) is 78.1 Å². The molecule has 0 bridgehead atoms. The summed E-state index contributed by atoms with van der Waals surface area (Å²) in [6.45, 7) is 0.630. The van der Waals surface area contributed by atoms with E-state index in [9.17, 15) is 9.18 Å². The SMILES string of the molecule is O=C(Cc1ccccc1)NCCOc1ccc2nnc(-c3ccc(F)cc3)n2n1. The van der Waals surface area contributed by atoms with Crippen molar-refractivity contribution in [1.29, 1.82) is 0 Å². The van der Waals surface area contributed by atoms with Gasteiger partial charge in [-0.15, -0.1) is 15.3 Å². The van der Waals surface area contributed by atoms with E-state index in [4.69, 9.17) is 4.74 Å². The van der Waals surface area contributed by atoms with Crippen molar-refractivity contribution in [3.8, 4) is 17.3 Å². The van der Waals surface area contributed by atoms with Crippen LogP contribution in [0.25, 0.3) is 17.0 Å². The van der Waals surface area contributed by atoms with Crippen molar-refractivity contribution in [2.45, 2.75) is 6.42 Å². The van der Waals surface area contributed by atoms with Crippen LogP contribution in [-0.2, 0) is 11.2 Å². The molecule has 0 aliphatic heterocycles. The van der Waals surface area contributed by atoms with Crippen LogP contribution in [0.2, 0.25) is 0 Å². The van der Waals surface area contributed by atoms with Gasteiger partial charge in [0, 0.05) is 11.6 Å². The van der Waals surface area contributed by atoms with Crippen LogP contribution >= 0.6 is 0 Å². The number of ether oxygens (including phenoxy) is 1. The second kappa shape index (κ2) is 8.47. The normalized spacial score (nSPS) is 10.8. The summed E-state index contributed by atoms with van der Waals surface area (Å²) in [6.07, 6.45) is 0.326. The van der Waals surface area contributed by atoms with E-state index in [0.717, 1.165) is 5.56 Å². The average molecular weight is 391 g/mol. The van der Waals surface area contributed by atoms with E-state index in [1.165, 1.54) is 16.6 Å². The molecule has 1 N–H and O–H groups in total. The summed E-state index contributed by atoms with van der Waals surface area (Å²) in [5.41, 5.74) is 2.20. The number of aromatic nitrogens is 4. The molecule has 0 saturated heterocycles. The Hall–Kier alpha value is -3.81. The number of hydrogen-bond donors (Lipinski definition) is 1. The fourth-order valence-electron chi connectivity index (χ4n) is 2.82. The molecular formula is C21H18FN5O2. The maximum atomic E-state index is 13.1. The topological polar surface area (TPSA) is 81.4 Å². The van der Waals surface area contributed by atoms with Gasteiger partial charge in [-0.05, 0) is 35.9 Å². The van der Waals surface area contributed by atoms with Gasteiger partial charge in [-0.1, -0.05) is 30.3 Å². The van der Waals surface area contributed by atoms with Crippen LogP contribution in [0, 0.1) is 5.82 Å². The minimum atomic E-state index is -0.325. The molecule has 4 aromatic rings. The van der Waals surface area contributed by atoms with E-state index in [1.54, 1.807) is 24.3 Å². The first-order chi connectivity index (χ1) is 14.2. The maximum Gasteiger partial charge on any atom is 0.231 e. The molecule has 2 aromatic carbocycles. The zero-order valence-electron chi connectivity index (χ0n) is 15.5. The van der Waals surface area contributed by atoms with E-state index >= 15 is 0 Å². The molecule has 0 unspecified atom stereocenters. The first-order valence-electron chi connectivity index (χ1n) is 9.11. The third-order valence-corrected chi connectivity index (χ3v) is 4.22. The van der Waals surface area contributed by atoms with Crippen LogP contribution in [0.1, 0.15) is 5.56 Å². The Bertz CT molecular complexity index is 1110. The number of nitrogens with one attached hydrogen (secondary N) is 1. The summed E-state index contributed by atoms with van der Waals surface area (Å²) in [5.74, 6) is 0.467. The Morgan fingerprint density at radius 3 is 2.59 bits per heavy atom. The summed E-state index contributed by atoms with van der Waals surface area (Å²) in [4.78, 5) is 12.0. The molecule has 0 aliphatic rings. The molecule has 2 aromatic heterocycles. The Balaban J connectivity index is 1.35. The minimum absolute atomic E-state index is 0.0689. The number of carbonyl (C=O) groups is 1. The number of halogens is 1. The van der Waals surface area contributed by atoms with E-state index in [0.29, 0.717) is 35.9 Å². The van der Waals surface area contributed by atoms with Crippen LogP contribution in [0.15, 0.2) is 66.7 Å². The van der Waals surface area contributed by atoms with Gasteiger partial charge >= 0.3 is 0 Å². The van der Waals surface area contributed by atoms with Crippen molar-refractivity contribution in [2.24, 2.45) is 0 Å². The smallest absolute Gasteiger partial charge is 0.231 e. The van der Waals surface area contributed by atoms with Crippen molar-refractivity contribution < 1.29 is 13.9 Å². The van der Waals surface area contributed by atoms with Gasteiger partial charge in [0.05, 0.1) is 13.0 Å². The average Bonchev–Trinajstić information content (AvgIpc) is 3.16. The monoisotopic (exact) mass is 391 g/mol. The molecule has 4 rings (SSSR count). The van der Waals surface area contributed by atoms with Crippen molar-refractivity contribution in [2.75, 3.05) is 13.2 Å². The van der Waals surface area contributed by atoms with Crippen LogP contribution in [0.5, 0.6) is 5.88 Å². The summed E-state index contributed by atoms with van der Waals surface area (Å²) in [7, 11) is 0. The van der Waals surface area contributed by atoms with Crippen LogP contribution < -0.4 is 10.1 Å². The van der Waals surface area contributed by atoms with Gasteiger partial charge in [-0.25, -0.2) is 4.39 Å². The predicted molar refractivity (Wildman–Crippen MR) is 105 cm³/mol. The van der Waals surface area contributed by atoms with Gasteiger partial charge < -0.3 is 10.1 Å². The van der Waals surface area contributed by atoms with Gasteiger partial charge in [0.25, 0.3) is 0 Å². The molecule has 8 heteroatoms. The van der Waals surface area contributed by atoms with E-state index in [-0.39, 0.29) is 18.3 Å². The second-order valence-corrected chi connectivity index (χ2v) is 6.33. The Labute approximate surface area is 166 Å². The van der Waals surface area contributed by atoms with Crippen LogP contribution in [0.4, 0.5) is 4.39 Å². The number of rotatable bonds is 7. The minimum Gasteiger partial charge on any atom is -0.475 e. The van der Waals surface area contributed by atoms with Gasteiger partial charge in [0.2, 0.25) is 11.8 Å². The zero-order chi connectivity index (χ0) is 20.1. The molecule has 0 radical (unpaired) electrons. The summed E-state index contributed by atoms with van der Waals surface area (Å²) < 4.78 is 20.3. The van der Waals surface area contributed by atoms with Gasteiger partial charge in [0.1, 0.15) is 12.4 Å². The third-order valence-electron chi connectivity index (χ3n) is 4.22. The zero-order valence-corrected chi connectivity index (χ0v) is 15.5. The molecule has 0 aliphatic carbocycles. The number of amides is 1. The lowest BCUT2D eigenvalue weighted by atomic mass is 10.1. The number of hydrogen-bond acceptors (Lipinski definition) is 5. The van der Waals surface area contributed by atoms with E-state index in [2.05, 4.69) is 20.6 Å². The standard InChI is InChI=1S/C21H18FN5O2/c22-17-8-6-16(7-9-17)21-25-24-18-10-11-20(26-27(18)21)29-13-12-23-19(28)14-15-4-2-1-3-5-15/h1-11H,12-14H2,(H,23,28). The lowest BCUT2D eigenvalue weighted by Gasteiger charge is -2.08. The number of nitrogens with zero attached hydrogens (tertiary/aromatic N) is 4. The van der Waals surface area contributed by atoms with Crippen molar-refractivity contribution >= 4 is 11.6 Å². The molecule has 0 spiro atoms.